The number of benzene rings is 3. The first-order chi connectivity index (χ1) is 20.2. The summed E-state index contributed by atoms with van der Waals surface area (Å²) in [5.41, 5.74) is 8.34. The minimum Gasteiger partial charge on any atom is -0.467 e. The van der Waals surface area contributed by atoms with E-state index in [9.17, 15) is 0 Å². The maximum atomic E-state index is 5.82. The highest BCUT2D eigenvalue weighted by atomic mass is 16.5. The lowest BCUT2D eigenvalue weighted by Gasteiger charge is -2.26. The van der Waals surface area contributed by atoms with Crippen LogP contribution in [0.3, 0.4) is 0 Å². The van der Waals surface area contributed by atoms with Gasteiger partial charge in [-0.15, -0.1) is 13.2 Å². The molecule has 3 aromatic carbocycles. The fourth-order valence-electron chi connectivity index (χ4n) is 4.47. The number of ether oxygens (including phenoxy) is 2. The van der Waals surface area contributed by atoms with Crippen LogP contribution >= 0.6 is 0 Å². The normalized spacial score (nSPS) is 10.7. The lowest BCUT2D eigenvalue weighted by molar-refractivity contribution is 0.0929. The minimum absolute atomic E-state index is 0.464. The van der Waals surface area contributed by atoms with Crippen molar-refractivity contribution in [3.8, 4) is 0 Å². The van der Waals surface area contributed by atoms with E-state index in [0.29, 0.717) is 26.4 Å². The first-order valence-corrected chi connectivity index (χ1v) is 13.9. The van der Waals surface area contributed by atoms with Crippen molar-refractivity contribution in [2.75, 3.05) is 11.5 Å². The van der Waals surface area contributed by atoms with Crippen molar-refractivity contribution in [1.29, 1.82) is 0 Å². The standard InChI is InChI=1S/C34H35NO4.C2H4/c1-26-9-14-32(22-27(26)2)35(31-17-12-29(13-18-31)23-37-25-34-8-5-21-39-34)30-15-10-28(11-16-30)6-3-19-36-24-33-7-4-20-38-33;1-2/h4-5,7-18,20-22H,3,6,19,23-25H2,1-2H3;1-2H2. The van der Waals surface area contributed by atoms with E-state index >= 15 is 0 Å². The molecule has 5 nitrogen and oxygen atoms in total. The second kappa shape index (κ2) is 15.5. The molecule has 0 bridgehead atoms. The van der Waals surface area contributed by atoms with Crippen LogP contribution in [0.25, 0.3) is 0 Å². The van der Waals surface area contributed by atoms with Crippen molar-refractivity contribution < 1.29 is 18.3 Å². The molecule has 0 aliphatic rings. The van der Waals surface area contributed by atoms with Crippen molar-refractivity contribution in [1.82, 2.24) is 0 Å². The number of anilines is 3. The molecule has 2 aromatic heterocycles. The molecule has 0 amide bonds. The summed E-state index contributed by atoms with van der Waals surface area (Å²) in [6.07, 6.45) is 5.27. The van der Waals surface area contributed by atoms with Gasteiger partial charge >= 0.3 is 0 Å². The van der Waals surface area contributed by atoms with Crippen molar-refractivity contribution in [3.63, 3.8) is 0 Å². The molecule has 0 aliphatic heterocycles. The third-order valence-corrected chi connectivity index (χ3v) is 6.81. The largest absolute Gasteiger partial charge is 0.467 e. The summed E-state index contributed by atoms with van der Waals surface area (Å²) in [7, 11) is 0. The number of hydrogen-bond donors (Lipinski definition) is 0. The Kier molecular flexibility index (Phi) is 11.2. The maximum Gasteiger partial charge on any atom is 0.129 e. The van der Waals surface area contributed by atoms with Gasteiger partial charge in [-0.25, -0.2) is 0 Å². The van der Waals surface area contributed by atoms with E-state index in [2.05, 4.69) is 98.6 Å². The average molecular weight is 550 g/mol. The van der Waals surface area contributed by atoms with Gasteiger partial charge in [0.05, 0.1) is 19.1 Å². The van der Waals surface area contributed by atoms with Crippen molar-refractivity contribution in [3.05, 3.63) is 150 Å². The molecule has 0 unspecified atom stereocenters. The maximum absolute atomic E-state index is 5.82. The van der Waals surface area contributed by atoms with Crippen LogP contribution in [-0.2, 0) is 35.7 Å². The monoisotopic (exact) mass is 549 g/mol. The molecular formula is C36H39NO4. The summed E-state index contributed by atoms with van der Waals surface area (Å²) in [5, 5.41) is 0. The fourth-order valence-corrected chi connectivity index (χ4v) is 4.47. The molecule has 0 saturated carbocycles. The molecule has 0 fully saturated rings. The molecule has 5 heteroatoms. The van der Waals surface area contributed by atoms with Crippen LogP contribution in [0, 0.1) is 13.8 Å². The molecule has 0 spiro atoms. The Labute approximate surface area is 243 Å². The van der Waals surface area contributed by atoms with E-state index in [1.165, 1.54) is 16.7 Å². The molecule has 0 radical (unpaired) electrons. The van der Waals surface area contributed by atoms with Crippen molar-refractivity contribution in [2.45, 2.75) is 46.5 Å². The molecule has 41 heavy (non-hydrogen) atoms. The van der Waals surface area contributed by atoms with Gasteiger partial charge in [0.2, 0.25) is 0 Å². The quantitative estimate of drug-likeness (QED) is 0.108. The highest BCUT2D eigenvalue weighted by molar-refractivity contribution is 5.77. The van der Waals surface area contributed by atoms with Crippen LogP contribution in [-0.4, -0.2) is 6.61 Å². The zero-order chi connectivity index (χ0) is 28.9. The van der Waals surface area contributed by atoms with Gasteiger partial charge in [-0.1, -0.05) is 30.3 Å². The van der Waals surface area contributed by atoms with E-state index in [-0.39, 0.29) is 0 Å². The first kappa shape index (κ1) is 29.7. The average Bonchev–Trinajstić information content (AvgIpc) is 3.73. The summed E-state index contributed by atoms with van der Waals surface area (Å²) in [6.45, 7) is 12.5. The van der Waals surface area contributed by atoms with Gasteiger partial charge in [-0.3, -0.25) is 0 Å². The van der Waals surface area contributed by atoms with Gasteiger partial charge in [-0.05, 0) is 110 Å². The molecular weight excluding hydrogens is 510 g/mol. The molecule has 0 N–H and O–H groups in total. The van der Waals surface area contributed by atoms with Gasteiger partial charge < -0.3 is 23.2 Å². The van der Waals surface area contributed by atoms with E-state index in [0.717, 1.165) is 47.0 Å². The van der Waals surface area contributed by atoms with E-state index in [1.54, 1.807) is 12.5 Å². The lowest BCUT2D eigenvalue weighted by Crippen LogP contribution is -2.10. The van der Waals surface area contributed by atoms with Gasteiger partial charge in [0.15, 0.2) is 0 Å². The molecule has 5 aromatic rings. The summed E-state index contributed by atoms with van der Waals surface area (Å²) < 4.78 is 22.2. The summed E-state index contributed by atoms with van der Waals surface area (Å²) in [4.78, 5) is 2.30. The zero-order valence-corrected chi connectivity index (χ0v) is 24.1. The van der Waals surface area contributed by atoms with Gasteiger partial charge in [0.25, 0.3) is 0 Å². The molecule has 0 aliphatic carbocycles. The third-order valence-electron chi connectivity index (χ3n) is 6.81. The number of nitrogens with zero attached hydrogens (tertiary/aromatic N) is 1. The Morgan fingerprint density at radius 3 is 1.73 bits per heavy atom. The van der Waals surface area contributed by atoms with Gasteiger partial charge in [0, 0.05) is 23.7 Å². The number of rotatable bonds is 13. The first-order valence-electron chi connectivity index (χ1n) is 13.9. The van der Waals surface area contributed by atoms with Crippen LogP contribution in [0.4, 0.5) is 17.1 Å². The summed E-state index contributed by atoms with van der Waals surface area (Å²) >= 11 is 0. The molecule has 0 atom stereocenters. The highest BCUT2D eigenvalue weighted by Gasteiger charge is 2.13. The molecule has 5 rings (SSSR count). The second-order valence-corrected chi connectivity index (χ2v) is 9.74. The molecule has 2 heterocycles. The van der Waals surface area contributed by atoms with Crippen molar-refractivity contribution in [2.24, 2.45) is 0 Å². The summed E-state index contributed by atoms with van der Waals surface area (Å²) in [5.74, 6) is 1.69. The smallest absolute Gasteiger partial charge is 0.129 e. The van der Waals surface area contributed by atoms with Crippen LogP contribution in [0.2, 0.25) is 0 Å². The minimum atomic E-state index is 0.464. The Morgan fingerprint density at radius 1 is 0.610 bits per heavy atom. The molecule has 212 valence electrons. The van der Waals surface area contributed by atoms with E-state index < -0.39 is 0 Å². The lowest BCUT2D eigenvalue weighted by atomic mass is 10.1. The predicted molar refractivity (Wildman–Crippen MR) is 166 cm³/mol. The number of hydrogen-bond acceptors (Lipinski definition) is 5. The SMILES string of the molecule is C=C.Cc1ccc(N(c2ccc(CCCOCc3ccco3)cc2)c2ccc(COCc3ccco3)cc2)cc1C. The molecule has 0 saturated heterocycles. The van der Waals surface area contributed by atoms with Gasteiger partial charge in [0.1, 0.15) is 24.7 Å². The topological polar surface area (TPSA) is 48.0 Å². The van der Waals surface area contributed by atoms with Gasteiger partial charge in [-0.2, -0.15) is 0 Å². The number of aryl methyl sites for hydroxylation is 3. The Morgan fingerprint density at radius 2 is 1.17 bits per heavy atom. The van der Waals surface area contributed by atoms with Crippen LogP contribution in [0.1, 0.15) is 40.2 Å². The Balaban J connectivity index is 0.00000189. The van der Waals surface area contributed by atoms with Crippen LogP contribution in [0.15, 0.2) is 126 Å². The van der Waals surface area contributed by atoms with E-state index in [1.807, 2.05) is 24.3 Å². The fraction of sp³-hybridized carbons (Fsp3) is 0.222. The second-order valence-electron chi connectivity index (χ2n) is 9.74. The highest BCUT2D eigenvalue weighted by Crippen LogP contribution is 2.35. The third kappa shape index (κ3) is 8.58. The Bertz CT molecular complexity index is 1420. The Hall–Kier alpha value is -4.32. The van der Waals surface area contributed by atoms with Crippen LogP contribution in [0.5, 0.6) is 0 Å². The van der Waals surface area contributed by atoms with Crippen LogP contribution < -0.4 is 4.90 Å². The zero-order valence-electron chi connectivity index (χ0n) is 24.1. The van der Waals surface area contributed by atoms with E-state index in [4.69, 9.17) is 18.3 Å². The number of furan rings is 2. The summed E-state index contributed by atoms with van der Waals surface area (Å²) in [6, 6.07) is 31.6. The predicted octanol–water partition coefficient (Wildman–Crippen LogP) is 9.63. The van der Waals surface area contributed by atoms with Crippen molar-refractivity contribution >= 4 is 17.1 Å².